The highest BCUT2D eigenvalue weighted by atomic mass is 15.0. The lowest BCUT2D eigenvalue weighted by Gasteiger charge is -2.09. The third-order valence-electron chi connectivity index (χ3n) is 3.98. The molecule has 19 heavy (non-hydrogen) atoms. The molecule has 0 saturated heterocycles. The highest BCUT2D eigenvalue weighted by Gasteiger charge is 2.11. The normalized spacial score (nSPS) is 13.2. The van der Waals surface area contributed by atoms with Crippen LogP contribution in [-0.4, -0.2) is 4.57 Å². The maximum Gasteiger partial charge on any atom is 0.0491 e. The smallest absolute Gasteiger partial charge is 0.0491 e. The quantitative estimate of drug-likeness (QED) is 0.743. The van der Waals surface area contributed by atoms with Gasteiger partial charge in [-0.15, -0.1) is 0 Å². The van der Waals surface area contributed by atoms with Crippen molar-refractivity contribution in [2.24, 2.45) is 5.73 Å². The number of benzene rings is 2. The minimum absolute atomic E-state index is 0.133. The van der Waals surface area contributed by atoms with E-state index in [9.17, 15) is 0 Å². The Morgan fingerprint density at radius 2 is 1.74 bits per heavy atom. The minimum atomic E-state index is 0.133. The summed E-state index contributed by atoms with van der Waals surface area (Å²) in [5, 5.41) is 2.64. The van der Waals surface area contributed by atoms with E-state index < -0.39 is 0 Å². The Hall–Kier alpha value is -1.80. The van der Waals surface area contributed by atoms with E-state index >= 15 is 0 Å². The second kappa shape index (κ2) is 4.71. The molecule has 2 heteroatoms. The summed E-state index contributed by atoms with van der Waals surface area (Å²) in [7, 11) is 0. The third-order valence-corrected chi connectivity index (χ3v) is 3.98. The molecule has 0 aliphatic rings. The van der Waals surface area contributed by atoms with Gasteiger partial charge in [0.2, 0.25) is 0 Å². The highest BCUT2D eigenvalue weighted by Crippen LogP contribution is 2.31. The van der Waals surface area contributed by atoms with E-state index in [2.05, 4.69) is 60.9 Å². The minimum Gasteiger partial charge on any atom is -0.341 e. The first-order valence-corrected chi connectivity index (χ1v) is 7.02. The molecule has 0 bridgehead atoms. The number of hydrogen-bond donors (Lipinski definition) is 1. The highest BCUT2D eigenvalue weighted by molar-refractivity contribution is 6.08. The van der Waals surface area contributed by atoms with E-state index in [1.165, 1.54) is 27.4 Å². The monoisotopic (exact) mass is 252 g/mol. The second-order valence-electron chi connectivity index (χ2n) is 5.05. The summed E-state index contributed by atoms with van der Waals surface area (Å²) in [5.41, 5.74) is 10.0. The molecule has 1 heterocycles. The van der Waals surface area contributed by atoms with Crippen molar-refractivity contribution in [2.75, 3.05) is 0 Å². The van der Waals surface area contributed by atoms with Crippen molar-refractivity contribution in [3.63, 3.8) is 0 Å². The van der Waals surface area contributed by atoms with Crippen molar-refractivity contribution in [2.45, 2.75) is 32.9 Å². The van der Waals surface area contributed by atoms with Gasteiger partial charge < -0.3 is 10.3 Å². The van der Waals surface area contributed by atoms with Gasteiger partial charge in [0.25, 0.3) is 0 Å². The van der Waals surface area contributed by atoms with Crippen molar-refractivity contribution in [3.05, 3.63) is 48.0 Å². The van der Waals surface area contributed by atoms with Gasteiger partial charge in [0.15, 0.2) is 0 Å². The third kappa shape index (κ3) is 1.83. The largest absolute Gasteiger partial charge is 0.341 e. The molecule has 1 aromatic heterocycles. The van der Waals surface area contributed by atoms with E-state index in [1.54, 1.807) is 0 Å². The van der Waals surface area contributed by atoms with Crippen LogP contribution in [0.15, 0.2) is 42.5 Å². The van der Waals surface area contributed by atoms with E-state index in [-0.39, 0.29) is 6.04 Å². The van der Waals surface area contributed by atoms with E-state index in [0.29, 0.717) is 0 Å². The summed E-state index contributed by atoms with van der Waals surface area (Å²) < 4.78 is 2.37. The zero-order chi connectivity index (χ0) is 13.4. The molecule has 0 fully saturated rings. The van der Waals surface area contributed by atoms with Gasteiger partial charge in [-0.05, 0) is 37.1 Å². The SMILES string of the molecule is CC[C@@H](N)c1ccc2c(c1)c1ccccc1n2CC. The van der Waals surface area contributed by atoms with Crippen molar-refractivity contribution in [3.8, 4) is 0 Å². The summed E-state index contributed by atoms with van der Waals surface area (Å²) in [6.45, 7) is 5.31. The molecular formula is C17H20N2. The summed E-state index contributed by atoms with van der Waals surface area (Å²) in [6, 6.07) is 15.4. The predicted molar refractivity (Wildman–Crippen MR) is 82.3 cm³/mol. The molecule has 0 saturated carbocycles. The summed E-state index contributed by atoms with van der Waals surface area (Å²) in [4.78, 5) is 0. The molecule has 0 unspecified atom stereocenters. The van der Waals surface area contributed by atoms with Gasteiger partial charge in [-0.25, -0.2) is 0 Å². The van der Waals surface area contributed by atoms with Gasteiger partial charge in [0.05, 0.1) is 0 Å². The van der Waals surface area contributed by atoms with Crippen LogP contribution >= 0.6 is 0 Å². The van der Waals surface area contributed by atoms with Gasteiger partial charge in [-0.1, -0.05) is 31.2 Å². The van der Waals surface area contributed by atoms with E-state index in [4.69, 9.17) is 5.73 Å². The fourth-order valence-corrected chi connectivity index (χ4v) is 2.88. The molecule has 98 valence electrons. The van der Waals surface area contributed by atoms with Crippen LogP contribution in [0.2, 0.25) is 0 Å². The Labute approximate surface area is 113 Å². The maximum absolute atomic E-state index is 6.16. The average Bonchev–Trinajstić information content (AvgIpc) is 2.79. The Balaban J connectivity index is 2.36. The van der Waals surface area contributed by atoms with Crippen LogP contribution in [0.5, 0.6) is 0 Å². The number of rotatable bonds is 3. The zero-order valence-electron chi connectivity index (χ0n) is 11.6. The van der Waals surface area contributed by atoms with Crippen molar-refractivity contribution >= 4 is 21.8 Å². The van der Waals surface area contributed by atoms with Crippen LogP contribution in [0.1, 0.15) is 31.9 Å². The van der Waals surface area contributed by atoms with Crippen LogP contribution in [0.4, 0.5) is 0 Å². The zero-order valence-corrected chi connectivity index (χ0v) is 11.6. The molecule has 2 aromatic carbocycles. The molecule has 2 nitrogen and oxygen atoms in total. The standard InChI is InChI=1S/C17H20N2/c1-3-15(18)12-9-10-17-14(11-12)13-7-5-6-8-16(13)19(17)4-2/h5-11,15H,3-4,18H2,1-2H3/t15-/m1/s1. The first-order valence-electron chi connectivity index (χ1n) is 7.02. The summed E-state index contributed by atoms with van der Waals surface area (Å²) >= 11 is 0. The lowest BCUT2D eigenvalue weighted by Crippen LogP contribution is -2.08. The number of nitrogens with zero attached hydrogens (tertiary/aromatic N) is 1. The average molecular weight is 252 g/mol. The van der Waals surface area contributed by atoms with E-state index in [0.717, 1.165) is 13.0 Å². The number of aryl methyl sites for hydroxylation is 1. The Morgan fingerprint density at radius 1 is 1.00 bits per heavy atom. The molecule has 0 aliphatic heterocycles. The van der Waals surface area contributed by atoms with Gasteiger partial charge in [0.1, 0.15) is 0 Å². The number of nitrogens with two attached hydrogens (primary N) is 1. The van der Waals surface area contributed by atoms with Crippen molar-refractivity contribution in [1.82, 2.24) is 4.57 Å². The van der Waals surface area contributed by atoms with E-state index in [1.807, 2.05) is 0 Å². The topological polar surface area (TPSA) is 30.9 Å². The Bertz CT molecular complexity index is 725. The van der Waals surface area contributed by atoms with Crippen LogP contribution in [0.3, 0.4) is 0 Å². The maximum atomic E-state index is 6.16. The van der Waals surface area contributed by atoms with Crippen LogP contribution in [0.25, 0.3) is 21.8 Å². The van der Waals surface area contributed by atoms with Gasteiger partial charge in [0, 0.05) is 34.4 Å². The molecule has 0 radical (unpaired) electrons. The Morgan fingerprint density at radius 3 is 2.47 bits per heavy atom. The molecule has 2 N–H and O–H groups in total. The number of fused-ring (bicyclic) bond motifs is 3. The van der Waals surface area contributed by atoms with Crippen LogP contribution in [0, 0.1) is 0 Å². The lowest BCUT2D eigenvalue weighted by atomic mass is 10.0. The molecule has 0 spiro atoms. The lowest BCUT2D eigenvalue weighted by molar-refractivity contribution is 0.699. The molecule has 0 aliphatic carbocycles. The number of aromatic nitrogens is 1. The van der Waals surface area contributed by atoms with Crippen molar-refractivity contribution < 1.29 is 0 Å². The van der Waals surface area contributed by atoms with Crippen LogP contribution in [-0.2, 0) is 6.54 Å². The first kappa shape index (κ1) is 12.2. The molecule has 3 aromatic rings. The first-order chi connectivity index (χ1) is 9.26. The number of para-hydroxylation sites is 1. The fourth-order valence-electron chi connectivity index (χ4n) is 2.88. The Kier molecular flexibility index (Phi) is 3.03. The molecule has 0 amide bonds. The molecule has 1 atom stereocenters. The fraction of sp³-hybridized carbons (Fsp3) is 0.294. The van der Waals surface area contributed by atoms with Crippen molar-refractivity contribution in [1.29, 1.82) is 0 Å². The summed E-state index contributed by atoms with van der Waals surface area (Å²) in [6.07, 6.45) is 0.970. The van der Waals surface area contributed by atoms with Gasteiger partial charge in [-0.3, -0.25) is 0 Å². The van der Waals surface area contributed by atoms with Gasteiger partial charge in [-0.2, -0.15) is 0 Å². The molecule has 3 rings (SSSR count). The second-order valence-corrected chi connectivity index (χ2v) is 5.05. The summed E-state index contributed by atoms with van der Waals surface area (Å²) in [5.74, 6) is 0. The van der Waals surface area contributed by atoms with Crippen LogP contribution < -0.4 is 5.73 Å². The number of hydrogen-bond acceptors (Lipinski definition) is 1. The predicted octanol–water partition coefficient (Wildman–Crippen LogP) is 4.22. The molecular weight excluding hydrogens is 232 g/mol. The van der Waals surface area contributed by atoms with Gasteiger partial charge >= 0.3 is 0 Å².